The summed E-state index contributed by atoms with van der Waals surface area (Å²) >= 11 is 0. The number of hydrogen-bond acceptors (Lipinski definition) is 3. The average molecular weight is 245 g/mol. The Hall–Kier alpha value is -0.610. The molecule has 4 heteroatoms. The molecule has 0 radical (unpaired) electrons. The first-order valence-electron chi connectivity index (χ1n) is 5.99. The Balaban J connectivity index is 0.000000557. The number of hydrogen-bond donors (Lipinski definition) is 1. The minimum atomic E-state index is -0.833. The van der Waals surface area contributed by atoms with Gasteiger partial charge in [-0.1, -0.05) is 0 Å². The first-order valence-corrected chi connectivity index (χ1v) is 5.99. The van der Waals surface area contributed by atoms with Crippen molar-refractivity contribution in [2.24, 2.45) is 0 Å². The van der Waals surface area contributed by atoms with Gasteiger partial charge in [-0.15, -0.1) is 0 Å². The third-order valence-electron chi connectivity index (χ3n) is 3.60. The van der Waals surface area contributed by atoms with Gasteiger partial charge in [0, 0.05) is 25.1 Å². The predicted molar refractivity (Wildman–Crippen MR) is 69.3 cm³/mol. The van der Waals surface area contributed by atoms with Crippen molar-refractivity contribution < 1.29 is 14.6 Å². The Bertz CT molecular complexity index is 239. The number of likely N-dealkylation sites (tertiary alicyclic amines) is 1. The van der Waals surface area contributed by atoms with E-state index >= 15 is 0 Å². The second kappa shape index (κ2) is 5.83. The molecule has 1 aliphatic heterocycles. The van der Waals surface area contributed by atoms with Gasteiger partial charge < -0.3 is 9.84 Å². The molecule has 1 rings (SSSR count). The van der Waals surface area contributed by atoms with Gasteiger partial charge in [0.15, 0.2) is 0 Å². The Morgan fingerprint density at radius 3 is 1.76 bits per heavy atom. The Labute approximate surface area is 105 Å². The highest BCUT2D eigenvalue weighted by molar-refractivity contribution is 5.62. The van der Waals surface area contributed by atoms with E-state index in [2.05, 4.69) is 39.6 Å². The summed E-state index contributed by atoms with van der Waals surface area (Å²) in [6.45, 7) is 10.2. The third-order valence-corrected chi connectivity index (χ3v) is 3.60. The normalized spacial score (nSPS) is 23.7. The van der Waals surface area contributed by atoms with E-state index < -0.39 is 5.97 Å². The smallest absolute Gasteiger partial charge is 0.300 e. The molecule has 0 aromatic rings. The van der Waals surface area contributed by atoms with Gasteiger partial charge in [0.2, 0.25) is 0 Å². The summed E-state index contributed by atoms with van der Waals surface area (Å²) in [5.74, 6) is -0.833. The summed E-state index contributed by atoms with van der Waals surface area (Å²) in [7, 11) is 4.04. The number of carboxylic acid groups (broad SMARTS) is 1. The van der Waals surface area contributed by atoms with E-state index in [0.717, 1.165) is 19.8 Å². The number of carboxylic acids is 1. The van der Waals surface area contributed by atoms with Crippen LogP contribution in [0.25, 0.3) is 0 Å². The molecular formula is C13H27NO3. The molecule has 0 amide bonds. The fraction of sp³-hybridized carbons (Fsp3) is 0.923. The van der Waals surface area contributed by atoms with Gasteiger partial charge in [-0.25, -0.2) is 0 Å². The number of rotatable bonds is 1. The molecule has 1 saturated heterocycles. The van der Waals surface area contributed by atoms with Crippen molar-refractivity contribution in [2.75, 3.05) is 14.2 Å². The van der Waals surface area contributed by atoms with Gasteiger partial charge in [-0.2, -0.15) is 0 Å². The lowest BCUT2D eigenvalue weighted by Crippen LogP contribution is -2.60. The van der Waals surface area contributed by atoms with Gasteiger partial charge in [-0.05, 0) is 47.6 Å². The van der Waals surface area contributed by atoms with Crippen LogP contribution in [-0.2, 0) is 9.53 Å². The molecular weight excluding hydrogens is 218 g/mol. The first-order chi connectivity index (χ1) is 7.53. The van der Waals surface area contributed by atoms with Crippen molar-refractivity contribution in [1.29, 1.82) is 0 Å². The molecule has 0 unspecified atom stereocenters. The van der Waals surface area contributed by atoms with Crippen LogP contribution in [-0.4, -0.2) is 47.3 Å². The summed E-state index contributed by atoms with van der Waals surface area (Å²) in [6.07, 6.45) is 2.67. The Kier molecular flexibility index (Phi) is 5.62. The Morgan fingerprint density at radius 1 is 1.24 bits per heavy atom. The SMILES string of the molecule is CC(=O)O.COC1CC(C)(C)N(C)C(C)(C)C1. The maximum absolute atomic E-state index is 9.00. The molecule has 0 spiro atoms. The molecule has 102 valence electrons. The molecule has 1 heterocycles. The number of aliphatic carboxylic acids is 1. The lowest BCUT2D eigenvalue weighted by molar-refractivity contribution is -0.134. The number of piperidine rings is 1. The Morgan fingerprint density at radius 2 is 1.53 bits per heavy atom. The van der Waals surface area contributed by atoms with Crippen LogP contribution in [0.4, 0.5) is 0 Å². The van der Waals surface area contributed by atoms with E-state index in [4.69, 9.17) is 14.6 Å². The summed E-state index contributed by atoms with van der Waals surface area (Å²) in [5, 5.41) is 7.42. The van der Waals surface area contributed by atoms with Crippen LogP contribution in [0.15, 0.2) is 0 Å². The second-order valence-corrected chi connectivity index (χ2v) is 5.97. The van der Waals surface area contributed by atoms with Gasteiger partial charge in [-0.3, -0.25) is 9.69 Å². The average Bonchev–Trinajstić information content (AvgIpc) is 2.12. The van der Waals surface area contributed by atoms with Crippen molar-refractivity contribution in [3.63, 3.8) is 0 Å². The number of methoxy groups -OCH3 is 1. The zero-order chi connectivity index (χ0) is 13.9. The monoisotopic (exact) mass is 245 g/mol. The second-order valence-electron chi connectivity index (χ2n) is 5.97. The minimum Gasteiger partial charge on any atom is -0.481 e. The fourth-order valence-electron chi connectivity index (χ4n) is 2.45. The molecule has 0 bridgehead atoms. The van der Waals surface area contributed by atoms with Gasteiger partial charge >= 0.3 is 0 Å². The van der Waals surface area contributed by atoms with Gasteiger partial charge in [0.05, 0.1) is 6.10 Å². The van der Waals surface area contributed by atoms with Crippen LogP contribution < -0.4 is 0 Å². The van der Waals surface area contributed by atoms with E-state index in [0.29, 0.717) is 6.10 Å². The highest BCUT2D eigenvalue weighted by atomic mass is 16.5. The summed E-state index contributed by atoms with van der Waals surface area (Å²) in [5.41, 5.74) is 0.505. The lowest BCUT2D eigenvalue weighted by atomic mass is 9.79. The quantitative estimate of drug-likeness (QED) is 0.770. The topological polar surface area (TPSA) is 49.8 Å². The first kappa shape index (κ1) is 16.4. The maximum atomic E-state index is 9.00. The lowest BCUT2D eigenvalue weighted by Gasteiger charge is -2.53. The molecule has 17 heavy (non-hydrogen) atoms. The molecule has 0 aliphatic carbocycles. The van der Waals surface area contributed by atoms with Crippen molar-refractivity contribution in [3.05, 3.63) is 0 Å². The van der Waals surface area contributed by atoms with Crippen molar-refractivity contribution in [3.8, 4) is 0 Å². The minimum absolute atomic E-state index is 0.252. The van der Waals surface area contributed by atoms with Crippen LogP contribution in [0, 0.1) is 0 Å². The van der Waals surface area contributed by atoms with E-state index in [1.807, 2.05) is 7.11 Å². The number of ether oxygens (including phenoxy) is 1. The molecule has 1 fully saturated rings. The predicted octanol–water partition coefficient (Wildman–Crippen LogP) is 2.38. The molecule has 0 saturated carbocycles. The third kappa shape index (κ3) is 5.04. The van der Waals surface area contributed by atoms with E-state index in [1.165, 1.54) is 0 Å². The van der Waals surface area contributed by atoms with E-state index in [9.17, 15) is 0 Å². The highest BCUT2D eigenvalue weighted by Gasteiger charge is 2.42. The molecule has 4 nitrogen and oxygen atoms in total. The summed E-state index contributed by atoms with van der Waals surface area (Å²) < 4.78 is 5.48. The molecule has 0 aromatic heterocycles. The molecule has 1 N–H and O–H groups in total. The van der Waals surface area contributed by atoms with Crippen LogP contribution in [0.2, 0.25) is 0 Å². The van der Waals surface area contributed by atoms with Crippen LogP contribution in [0.1, 0.15) is 47.5 Å². The van der Waals surface area contributed by atoms with Crippen molar-refractivity contribution >= 4 is 5.97 Å². The largest absolute Gasteiger partial charge is 0.481 e. The van der Waals surface area contributed by atoms with Crippen LogP contribution in [0.3, 0.4) is 0 Å². The van der Waals surface area contributed by atoms with Crippen LogP contribution in [0.5, 0.6) is 0 Å². The standard InChI is InChI=1S/C11H23NO.C2H4O2/c1-10(2)7-9(13-6)8-11(3,4)12(10)5;1-2(3)4/h9H,7-8H2,1-6H3;1H3,(H,3,4). The molecule has 0 aromatic carbocycles. The molecule has 0 atom stereocenters. The highest BCUT2D eigenvalue weighted by Crippen LogP contribution is 2.37. The zero-order valence-electron chi connectivity index (χ0n) is 12.2. The number of nitrogens with zero attached hydrogens (tertiary/aromatic N) is 1. The van der Waals surface area contributed by atoms with E-state index in [1.54, 1.807) is 0 Å². The summed E-state index contributed by atoms with van der Waals surface area (Å²) in [4.78, 5) is 11.5. The number of carbonyl (C=O) groups is 1. The zero-order valence-corrected chi connectivity index (χ0v) is 12.2. The molecule has 1 aliphatic rings. The fourth-order valence-corrected chi connectivity index (χ4v) is 2.45. The summed E-state index contributed by atoms with van der Waals surface area (Å²) in [6, 6.07) is 0. The van der Waals surface area contributed by atoms with Crippen molar-refractivity contribution in [2.45, 2.75) is 64.6 Å². The van der Waals surface area contributed by atoms with Gasteiger partial charge in [0.25, 0.3) is 5.97 Å². The van der Waals surface area contributed by atoms with E-state index in [-0.39, 0.29) is 11.1 Å². The van der Waals surface area contributed by atoms with Crippen molar-refractivity contribution in [1.82, 2.24) is 4.90 Å². The van der Waals surface area contributed by atoms with Crippen LogP contribution >= 0.6 is 0 Å². The maximum Gasteiger partial charge on any atom is 0.300 e. The van der Waals surface area contributed by atoms with Gasteiger partial charge in [0.1, 0.15) is 0 Å².